The van der Waals surface area contributed by atoms with Gasteiger partial charge in [-0.2, -0.15) is 0 Å². The number of hydrogen-bond donors (Lipinski definition) is 0. The van der Waals surface area contributed by atoms with Crippen LogP contribution in [0.2, 0.25) is 0 Å². The summed E-state index contributed by atoms with van der Waals surface area (Å²) in [5.41, 5.74) is 3.29. The molecule has 2 aromatic rings. The van der Waals surface area contributed by atoms with E-state index in [1.807, 2.05) is 17.5 Å². The average Bonchev–Trinajstić information content (AvgIpc) is 3.03. The molecule has 0 N–H and O–H groups in total. The van der Waals surface area contributed by atoms with Crippen LogP contribution in [0, 0.1) is 0 Å². The molecule has 0 spiro atoms. The summed E-state index contributed by atoms with van der Waals surface area (Å²) in [6.07, 6.45) is 2.33. The van der Waals surface area contributed by atoms with Gasteiger partial charge in [-0.3, -0.25) is 4.79 Å². The van der Waals surface area contributed by atoms with Crippen molar-refractivity contribution < 1.29 is 9.53 Å². The first-order valence-electron chi connectivity index (χ1n) is 6.24. The highest BCUT2D eigenvalue weighted by Gasteiger charge is 2.13. The van der Waals surface area contributed by atoms with E-state index in [0.717, 1.165) is 34.5 Å². The number of halogens is 1. The van der Waals surface area contributed by atoms with Crippen LogP contribution in [0.25, 0.3) is 0 Å². The highest BCUT2D eigenvalue weighted by Crippen LogP contribution is 2.27. The first-order chi connectivity index (χ1) is 9.22. The Balaban J connectivity index is 1.64. The van der Waals surface area contributed by atoms with Gasteiger partial charge in [0.05, 0.1) is 10.4 Å². The summed E-state index contributed by atoms with van der Waals surface area (Å²) in [6.45, 7) is 0.778. The third kappa shape index (κ3) is 2.90. The van der Waals surface area contributed by atoms with Gasteiger partial charge in [-0.25, -0.2) is 0 Å². The third-order valence-electron chi connectivity index (χ3n) is 3.28. The number of carbonyl (C=O) groups is 1. The number of hydrogen-bond acceptors (Lipinski definition) is 3. The summed E-state index contributed by atoms with van der Waals surface area (Å²) in [6, 6.07) is 8.13. The van der Waals surface area contributed by atoms with Crippen LogP contribution in [0.3, 0.4) is 0 Å². The van der Waals surface area contributed by atoms with Crippen LogP contribution in [0.5, 0.6) is 5.75 Å². The van der Waals surface area contributed by atoms with Crippen LogP contribution in [0.4, 0.5) is 0 Å². The van der Waals surface area contributed by atoms with Gasteiger partial charge in [0.1, 0.15) is 5.75 Å². The molecule has 2 heterocycles. The molecule has 0 atom stereocenters. The fraction of sp³-hybridized carbons (Fsp3) is 0.267. The Kier molecular flexibility index (Phi) is 3.71. The number of carbonyl (C=O) groups excluding carboxylic acids is 1. The standard InChI is InChI=1S/C15H13BrO2S/c16-15-8-12(9-19-15)13(17)3-1-10-2-4-14-11(7-10)5-6-18-14/h2,4,7-9H,1,3,5-6H2. The Morgan fingerprint density at radius 1 is 1.37 bits per heavy atom. The molecule has 4 heteroatoms. The summed E-state index contributed by atoms with van der Waals surface area (Å²) < 4.78 is 6.49. The van der Waals surface area contributed by atoms with Gasteiger partial charge < -0.3 is 4.74 Å². The molecule has 19 heavy (non-hydrogen) atoms. The number of thiophene rings is 1. The molecule has 1 aromatic carbocycles. The van der Waals surface area contributed by atoms with E-state index in [1.54, 1.807) is 11.3 Å². The number of benzene rings is 1. The fourth-order valence-electron chi connectivity index (χ4n) is 2.25. The Labute approximate surface area is 124 Å². The molecular weight excluding hydrogens is 324 g/mol. The molecule has 1 aromatic heterocycles. The van der Waals surface area contributed by atoms with E-state index in [9.17, 15) is 4.79 Å². The minimum Gasteiger partial charge on any atom is -0.493 e. The highest BCUT2D eigenvalue weighted by molar-refractivity contribution is 9.11. The van der Waals surface area contributed by atoms with Crippen molar-refractivity contribution in [1.29, 1.82) is 0 Å². The lowest BCUT2D eigenvalue weighted by Gasteiger charge is -2.03. The molecule has 1 aliphatic heterocycles. The minimum atomic E-state index is 0.207. The topological polar surface area (TPSA) is 26.3 Å². The molecule has 0 bridgehead atoms. The number of fused-ring (bicyclic) bond motifs is 1. The number of aryl methyl sites for hydroxylation is 1. The normalized spacial score (nSPS) is 13.1. The summed E-state index contributed by atoms with van der Waals surface area (Å²) in [7, 11) is 0. The Bertz CT molecular complexity index is 618. The molecule has 2 nitrogen and oxygen atoms in total. The van der Waals surface area contributed by atoms with Crippen molar-refractivity contribution in [3.8, 4) is 5.75 Å². The van der Waals surface area contributed by atoms with Gasteiger partial charge in [0.15, 0.2) is 5.78 Å². The smallest absolute Gasteiger partial charge is 0.164 e. The zero-order chi connectivity index (χ0) is 13.2. The second kappa shape index (κ2) is 5.47. The van der Waals surface area contributed by atoms with Crippen LogP contribution in [-0.2, 0) is 12.8 Å². The van der Waals surface area contributed by atoms with E-state index in [1.165, 1.54) is 11.1 Å². The zero-order valence-electron chi connectivity index (χ0n) is 10.3. The van der Waals surface area contributed by atoms with Crippen molar-refractivity contribution >= 4 is 33.0 Å². The maximum Gasteiger partial charge on any atom is 0.164 e. The molecule has 0 saturated carbocycles. The molecule has 1 aliphatic rings. The largest absolute Gasteiger partial charge is 0.493 e. The highest BCUT2D eigenvalue weighted by atomic mass is 79.9. The lowest BCUT2D eigenvalue weighted by molar-refractivity contribution is 0.0983. The van der Waals surface area contributed by atoms with Gasteiger partial charge in [-0.15, -0.1) is 11.3 Å². The van der Waals surface area contributed by atoms with Crippen molar-refractivity contribution in [2.45, 2.75) is 19.3 Å². The number of Topliss-reactive ketones (excluding diaryl/α,β-unsaturated/α-hetero) is 1. The fourth-order valence-corrected chi connectivity index (χ4v) is 3.41. The second-order valence-electron chi connectivity index (χ2n) is 4.60. The maximum atomic E-state index is 12.0. The summed E-state index contributed by atoms with van der Waals surface area (Å²) >= 11 is 4.93. The van der Waals surface area contributed by atoms with E-state index < -0.39 is 0 Å². The van der Waals surface area contributed by atoms with Crippen LogP contribution in [0.1, 0.15) is 27.9 Å². The summed E-state index contributed by atoms with van der Waals surface area (Å²) in [4.78, 5) is 12.0. The minimum absolute atomic E-state index is 0.207. The van der Waals surface area contributed by atoms with Crippen LogP contribution in [-0.4, -0.2) is 12.4 Å². The van der Waals surface area contributed by atoms with E-state index in [2.05, 4.69) is 28.1 Å². The molecule has 0 aliphatic carbocycles. The van der Waals surface area contributed by atoms with Gasteiger partial charge in [0.2, 0.25) is 0 Å². The van der Waals surface area contributed by atoms with Crippen molar-refractivity contribution in [3.05, 3.63) is 50.1 Å². The van der Waals surface area contributed by atoms with Crippen molar-refractivity contribution in [2.24, 2.45) is 0 Å². The molecule has 0 fully saturated rings. The maximum absolute atomic E-state index is 12.0. The zero-order valence-corrected chi connectivity index (χ0v) is 12.7. The summed E-state index contributed by atoms with van der Waals surface area (Å²) in [5, 5.41) is 1.91. The predicted octanol–water partition coefficient (Wildman–Crippen LogP) is 4.26. The average molecular weight is 337 g/mol. The molecular formula is C15H13BrO2S. The monoisotopic (exact) mass is 336 g/mol. The van der Waals surface area contributed by atoms with Crippen LogP contribution >= 0.6 is 27.3 Å². The predicted molar refractivity (Wildman–Crippen MR) is 80.3 cm³/mol. The second-order valence-corrected chi connectivity index (χ2v) is 6.89. The van der Waals surface area contributed by atoms with Crippen LogP contribution in [0.15, 0.2) is 33.4 Å². The molecule has 0 unspecified atom stereocenters. The molecule has 0 saturated heterocycles. The first-order valence-corrected chi connectivity index (χ1v) is 7.91. The Morgan fingerprint density at radius 2 is 2.26 bits per heavy atom. The van der Waals surface area contributed by atoms with E-state index in [4.69, 9.17) is 4.74 Å². The van der Waals surface area contributed by atoms with Gasteiger partial charge in [-0.1, -0.05) is 12.1 Å². The van der Waals surface area contributed by atoms with Crippen molar-refractivity contribution in [1.82, 2.24) is 0 Å². The number of rotatable bonds is 4. The molecule has 0 amide bonds. The number of ketones is 1. The molecule has 0 radical (unpaired) electrons. The third-order valence-corrected chi connectivity index (χ3v) is 4.79. The van der Waals surface area contributed by atoms with Crippen molar-refractivity contribution in [2.75, 3.05) is 6.61 Å². The summed E-state index contributed by atoms with van der Waals surface area (Å²) in [5.74, 6) is 1.20. The van der Waals surface area contributed by atoms with E-state index >= 15 is 0 Å². The Hall–Kier alpha value is -1.13. The lowest BCUT2D eigenvalue weighted by Crippen LogP contribution is -1.99. The molecule has 98 valence electrons. The first kappa shape index (κ1) is 12.9. The quantitative estimate of drug-likeness (QED) is 0.779. The Morgan fingerprint density at radius 3 is 3.05 bits per heavy atom. The van der Waals surface area contributed by atoms with Gasteiger partial charge in [-0.05, 0) is 45.6 Å². The van der Waals surface area contributed by atoms with Gasteiger partial charge in [0.25, 0.3) is 0 Å². The van der Waals surface area contributed by atoms with Crippen molar-refractivity contribution in [3.63, 3.8) is 0 Å². The molecule has 3 rings (SSSR count). The number of ether oxygens (including phenoxy) is 1. The van der Waals surface area contributed by atoms with Gasteiger partial charge in [0, 0.05) is 23.8 Å². The SMILES string of the molecule is O=C(CCc1ccc2c(c1)CCO2)c1csc(Br)c1. The van der Waals surface area contributed by atoms with Crippen LogP contribution < -0.4 is 4.74 Å². The lowest BCUT2D eigenvalue weighted by atomic mass is 10.0. The van der Waals surface area contributed by atoms with E-state index in [-0.39, 0.29) is 5.78 Å². The van der Waals surface area contributed by atoms with E-state index in [0.29, 0.717) is 6.42 Å². The van der Waals surface area contributed by atoms with Gasteiger partial charge >= 0.3 is 0 Å².